The number of rotatable bonds is 4. The first-order chi connectivity index (χ1) is 6.24. The fourth-order valence-corrected chi connectivity index (χ4v) is 1.13. The summed E-state index contributed by atoms with van der Waals surface area (Å²) in [4.78, 5) is 3.81. The molecule has 3 heteroatoms. The second-order valence-corrected chi connectivity index (χ2v) is 3.06. The molecule has 1 unspecified atom stereocenters. The van der Waals surface area contributed by atoms with Crippen molar-refractivity contribution in [3.63, 3.8) is 0 Å². The highest BCUT2D eigenvalue weighted by atomic mass is 19.1. The molecule has 0 amide bonds. The molecule has 1 atom stereocenters. The van der Waals surface area contributed by atoms with Crippen LogP contribution in [-0.4, -0.2) is 10.1 Å². The normalized spacial score (nSPS) is 12.8. The summed E-state index contributed by atoms with van der Waals surface area (Å²) in [6, 6.07) is 2.84. The zero-order valence-electron chi connectivity index (χ0n) is 7.70. The van der Waals surface area contributed by atoms with Crippen molar-refractivity contribution in [3.8, 4) is 0 Å². The van der Waals surface area contributed by atoms with Gasteiger partial charge in [0.1, 0.15) is 5.82 Å². The number of aliphatic hydroxyl groups excluding tert-OH is 1. The van der Waals surface area contributed by atoms with Gasteiger partial charge in [-0.3, -0.25) is 4.98 Å². The molecule has 1 aromatic rings. The highest BCUT2D eigenvalue weighted by molar-refractivity contribution is 5.07. The third kappa shape index (κ3) is 3.11. The van der Waals surface area contributed by atoms with Gasteiger partial charge >= 0.3 is 0 Å². The van der Waals surface area contributed by atoms with Crippen LogP contribution in [0.1, 0.15) is 38.0 Å². The van der Waals surface area contributed by atoms with Crippen molar-refractivity contribution in [1.82, 2.24) is 4.98 Å². The highest BCUT2D eigenvalue weighted by Gasteiger charge is 2.07. The maximum Gasteiger partial charge on any atom is 0.141 e. The summed E-state index contributed by atoms with van der Waals surface area (Å²) in [5.41, 5.74) is 0.551. The number of hydrogen-bond acceptors (Lipinski definition) is 2. The number of hydrogen-bond donors (Lipinski definition) is 1. The molecule has 1 rings (SSSR count). The van der Waals surface area contributed by atoms with Gasteiger partial charge in [-0.1, -0.05) is 19.8 Å². The summed E-state index contributed by atoms with van der Waals surface area (Å²) < 4.78 is 12.5. The molecule has 13 heavy (non-hydrogen) atoms. The van der Waals surface area contributed by atoms with E-state index in [1.54, 1.807) is 0 Å². The molecule has 0 aliphatic heterocycles. The lowest BCUT2D eigenvalue weighted by Gasteiger charge is -2.08. The van der Waals surface area contributed by atoms with Crippen LogP contribution in [0.4, 0.5) is 4.39 Å². The molecule has 1 heterocycles. The first-order valence-electron chi connectivity index (χ1n) is 4.53. The van der Waals surface area contributed by atoms with Gasteiger partial charge in [-0.25, -0.2) is 4.39 Å². The summed E-state index contributed by atoms with van der Waals surface area (Å²) in [6.07, 6.45) is 3.26. The molecule has 0 aliphatic carbocycles. The molecule has 0 spiro atoms. The van der Waals surface area contributed by atoms with E-state index < -0.39 is 6.10 Å². The van der Waals surface area contributed by atoms with Gasteiger partial charge < -0.3 is 5.11 Å². The van der Waals surface area contributed by atoms with E-state index in [0.29, 0.717) is 12.1 Å². The first kappa shape index (κ1) is 10.1. The molecule has 0 bridgehead atoms. The van der Waals surface area contributed by atoms with E-state index in [-0.39, 0.29) is 5.82 Å². The van der Waals surface area contributed by atoms with Crippen LogP contribution in [0.2, 0.25) is 0 Å². The van der Waals surface area contributed by atoms with Crippen molar-refractivity contribution in [3.05, 3.63) is 29.8 Å². The molecule has 0 aromatic carbocycles. The van der Waals surface area contributed by atoms with Gasteiger partial charge in [0.05, 0.1) is 18.0 Å². The van der Waals surface area contributed by atoms with Gasteiger partial charge in [-0.2, -0.15) is 0 Å². The maximum absolute atomic E-state index is 12.5. The van der Waals surface area contributed by atoms with Crippen LogP contribution < -0.4 is 0 Å². The van der Waals surface area contributed by atoms with E-state index in [9.17, 15) is 9.50 Å². The molecular formula is C10H14FNO. The molecule has 0 fully saturated rings. The van der Waals surface area contributed by atoms with Crippen molar-refractivity contribution in [1.29, 1.82) is 0 Å². The molecular weight excluding hydrogens is 169 g/mol. The standard InChI is InChI=1S/C10H14FNO/c1-2-3-4-10(13)9-6-5-8(11)7-12-9/h5-7,10,13H,2-4H2,1H3. The topological polar surface area (TPSA) is 33.1 Å². The third-order valence-corrected chi connectivity index (χ3v) is 1.92. The lowest BCUT2D eigenvalue weighted by Crippen LogP contribution is -2.00. The minimum Gasteiger partial charge on any atom is -0.387 e. The van der Waals surface area contributed by atoms with E-state index in [1.807, 2.05) is 0 Å². The molecule has 1 N–H and O–H groups in total. The predicted octanol–water partition coefficient (Wildman–Crippen LogP) is 2.44. The minimum absolute atomic E-state index is 0.369. The van der Waals surface area contributed by atoms with E-state index >= 15 is 0 Å². The summed E-state index contributed by atoms with van der Waals surface area (Å²) in [6.45, 7) is 2.06. The van der Waals surface area contributed by atoms with E-state index in [4.69, 9.17) is 0 Å². The van der Waals surface area contributed by atoms with Gasteiger partial charge in [0.25, 0.3) is 0 Å². The van der Waals surface area contributed by atoms with Crippen molar-refractivity contribution >= 4 is 0 Å². The monoisotopic (exact) mass is 183 g/mol. The van der Waals surface area contributed by atoms with Crippen LogP contribution in [0, 0.1) is 5.82 Å². The zero-order valence-corrected chi connectivity index (χ0v) is 7.70. The Balaban J connectivity index is 2.55. The van der Waals surface area contributed by atoms with Crippen molar-refractivity contribution in [2.75, 3.05) is 0 Å². The molecule has 0 saturated heterocycles. The van der Waals surface area contributed by atoms with Crippen LogP contribution in [0.25, 0.3) is 0 Å². The Hall–Kier alpha value is -0.960. The largest absolute Gasteiger partial charge is 0.387 e. The first-order valence-corrected chi connectivity index (χ1v) is 4.53. The summed E-state index contributed by atoms with van der Waals surface area (Å²) in [5.74, 6) is -0.369. The van der Waals surface area contributed by atoms with E-state index in [2.05, 4.69) is 11.9 Å². The molecule has 2 nitrogen and oxygen atoms in total. The Morgan fingerprint density at radius 1 is 1.54 bits per heavy atom. The lowest BCUT2D eigenvalue weighted by molar-refractivity contribution is 0.159. The van der Waals surface area contributed by atoms with E-state index in [1.165, 1.54) is 12.1 Å². The van der Waals surface area contributed by atoms with Crippen molar-refractivity contribution in [2.24, 2.45) is 0 Å². The third-order valence-electron chi connectivity index (χ3n) is 1.92. The predicted molar refractivity (Wildman–Crippen MR) is 48.7 cm³/mol. The zero-order chi connectivity index (χ0) is 9.68. The van der Waals surface area contributed by atoms with Crippen molar-refractivity contribution < 1.29 is 9.50 Å². The average molecular weight is 183 g/mol. The SMILES string of the molecule is CCCCC(O)c1ccc(F)cn1. The Morgan fingerprint density at radius 2 is 2.31 bits per heavy atom. The highest BCUT2D eigenvalue weighted by Crippen LogP contribution is 2.16. The van der Waals surface area contributed by atoms with Crippen molar-refractivity contribution in [2.45, 2.75) is 32.3 Å². The molecule has 0 radical (unpaired) electrons. The lowest BCUT2D eigenvalue weighted by atomic mass is 10.1. The second kappa shape index (κ2) is 4.92. The van der Waals surface area contributed by atoms with E-state index in [0.717, 1.165) is 19.0 Å². The number of aliphatic hydroxyl groups is 1. The molecule has 0 saturated carbocycles. The number of aromatic nitrogens is 1. The van der Waals surface area contributed by atoms with Gasteiger partial charge in [-0.05, 0) is 18.6 Å². The van der Waals surface area contributed by atoms with Gasteiger partial charge in [-0.15, -0.1) is 0 Å². The molecule has 72 valence electrons. The Labute approximate surface area is 77.4 Å². The number of nitrogens with zero attached hydrogens (tertiary/aromatic N) is 1. The maximum atomic E-state index is 12.5. The number of halogens is 1. The summed E-state index contributed by atoms with van der Waals surface area (Å²) >= 11 is 0. The molecule has 0 aliphatic rings. The number of pyridine rings is 1. The quantitative estimate of drug-likeness (QED) is 0.777. The summed E-state index contributed by atoms with van der Waals surface area (Å²) in [7, 11) is 0. The van der Waals surface area contributed by atoms with Crippen LogP contribution in [0.15, 0.2) is 18.3 Å². The molecule has 1 aromatic heterocycles. The fraction of sp³-hybridized carbons (Fsp3) is 0.500. The number of unbranched alkanes of at least 4 members (excludes halogenated alkanes) is 1. The Kier molecular flexibility index (Phi) is 3.83. The summed E-state index contributed by atoms with van der Waals surface area (Å²) in [5, 5.41) is 9.56. The van der Waals surface area contributed by atoms with Gasteiger partial charge in [0, 0.05) is 0 Å². The second-order valence-electron chi connectivity index (χ2n) is 3.06. The van der Waals surface area contributed by atoms with Crippen LogP contribution >= 0.6 is 0 Å². The minimum atomic E-state index is -0.555. The Bertz CT molecular complexity index is 248. The average Bonchev–Trinajstić information content (AvgIpc) is 2.15. The van der Waals surface area contributed by atoms with Crippen LogP contribution in [0.3, 0.4) is 0 Å². The van der Waals surface area contributed by atoms with Crippen LogP contribution in [-0.2, 0) is 0 Å². The van der Waals surface area contributed by atoms with Gasteiger partial charge in [0.15, 0.2) is 0 Å². The fourth-order valence-electron chi connectivity index (χ4n) is 1.13. The van der Waals surface area contributed by atoms with Crippen LogP contribution in [0.5, 0.6) is 0 Å². The Morgan fingerprint density at radius 3 is 2.85 bits per heavy atom. The smallest absolute Gasteiger partial charge is 0.141 e. The van der Waals surface area contributed by atoms with Gasteiger partial charge in [0.2, 0.25) is 0 Å².